The van der Waals surface area contributed by atoms with Gasteiger partial charge in [0.2, 0.25) is 0 Å². The van der Waals surface area contributed by atoms with E-state index in [0.29, 0.717) is 6.42 Å². The van der Waals surface area contributed by atoms with E-state index in [0.717, 1.165) is 44.1 Å². The van der Waals surface area contributed by atoms with Gasteiger partial charge in [0.05, 0.1) is 27.3 Å². The highest BCUT2D eigenvalue weighted by Gasteiger charge is 2.32. The summed E-state index contributed by atoms with van der Waals surface area (Å²) in [5, 5.41) is 33.7. The molecule has 5 aromatic rings. The molecule has 0 N–H and O–H groups in total. The van der Waals surface area contributed by atoms with Gasteiger partial charge in [-0.2, -0.15) is 5.10 Å². The van der Waals surface area contributed by atoms with E-state index in [2.05, 4.69) is 30.3 Å². The smallest absolute Gasteiger partial charge is 0.258 e. The van der Waals surface area contributed by atoms with Crippen LogP contribution in [0.1, 0.15) is 23.6 Å². The molecule has 0 amide bonds. The van der Waals surface area contributed by atoms with Crippen LogP contribution in [-0.2, 0) is 0 Å². The minimum absolute atomic E-state index is 0.00896. The molecule has 6 rings (SSSR count). The molecule has 8 nitrogen and oxygen atoms in total. The molecule has 0 bridgehead atoms. The Kier molecular flexibility index (Phi) is 5.34. The SMILES string of the molecule is O=[N+]([O-])c1ccc(C2=NN(c3ccc([N+](=O)[O-])cc3)C(c3c4ccccc4cc4ccccc34)C2)cc1. The van der Waals surface area contributed by atoms with Crippen molar-refractivity contribution in [2.75, 3.05) is 5.01 Å². The van der Waals surface area contributed by atoms with Crippen molar-refractivity contribution in [2.24, 2.45) is 5.10 Å². The number of non-ortho nitro benzene ring substituents is 2. The number of hydrogen-bond acceptors (Lipinski definition) is 6. The maximum atomic E-state index is 11.2. The molecule has 0 fully saturated rings. The van der Waals surface area contributed by atoms with Gasteiger partial charge in [-0.1, -0.05) is 48.5 Å². The van der Waals surface area contributed by atoms with Crippen molar-refractivity contribution in [3.8, 4) is 0 Å². The minimum atomic E-state index is -0.422. The molecule has 0 aliphatic carbocycles. The van der Waals surface area contributed by atoms with Crippen molar-refractivity contribution in [3.05, 3.63) is 134 Å². The van der Waals surface area contributed by atoms with Crippen molar-refractivity contribution >= 4 is 44.3 Å². The third-order valence-corrected chi connectivity index (χ3v) is 6.79. The van der Waals surface area contributed by atoms with Crippen LogP contribution < -0.4 is 5.01 Å². The van der Waals surface area contributed by atoms with Gasteiger partial charge in [0.25, 0.3) is 11.4 Å². The van der Waals surface area contributed by atoms with Crippen LogP contribution in [-0.4, -0.2) is 15.6 Å². The molecule has 37 heavy (non-hydrogen) atoms. The first kappa shape index (κ1) is 22.4. The van der Waals surface area contributed by atoms with Crippen LogP contribution in [0, 0.1) is 20.2 Å². The summed E-state index contributed by atoms with van der Waals surface area (Å²) in [7, 11) is 0. The summed E-state index contributed by atoms with van der Waals surface area (Å²) in [6.45, 7) is 0. The molecule has 1 atom stereocenters. The largest absolute Gasteiger partial charge is 0.269 e. The average molecular weight is 489 g/mol. The molecule has 0 spiro atoms. The molecule has 8 heteroatoms. The molecule has 1 heterocycles. The van der Waals surface area contributed by atoms with Crippen molar-refractivity contribution in [3.63, 3.8) is 0 Å². The van der Waals surface area contributed by atoms with Gasteiger partial charge in [-0.15, -0.1) is 0 Å². The van der Waals surface area contributed by atoms with Crippen molar-refractivity contribution in [1.29, 1.82) is 0 Å². The lowest BCUT2D eigenvalue weighted by molar-refractivity contribution is -0.385. The topological polar surface area (TPSA) is 102 Å². The maximum Gasteiger partial charge on any atom is 0.269 e. The Balaban J connectivity index is 1.54. The number of hydrazone groups is 1. The average Bonchev–Trinajstić information content (AvgIpc) is 3.36. The normalized spacial score (nSPS) is 15.2. The van der Waals surface area contributed by atoms with Crippen LogP contribution in [0.25, 0.3) is 21.5 Å². The Morgan fingerprint density at radius 1 is 0.703 bits per heavy atom. The summed E-state index contributed by atoms with van der Waals surface area (Å²) < 4.78 is 0. The zero-order valence-corrected chi connectivity index (χ0v) is 19.5. The van der Waals surface area contributed by atoms with Gasteiger partial charge in [0, 0.05) is 30.7 Å². The number of rotatable bonds is 5. The van der Waals surface area contributed by atoms with Crippen LogP contribution in [0.4, 0.5) is 17.1 Å². The lowest BCUT2D eigenvalue weighted by Crippen LogP contribution is -2.19. The van der Waals surface area contributed by atoms with Crippen LogP contribution >= 0.6 is 0 Å². The summed E-state index contributed by atoms with van der Waals surface area (Å²) in [4.78, 5) is 21.5. The number of nitro benzene ring substituents is 2. The number of hydrogen-bond donors (Lipinski definition) is 0. The van der Waals surface area contributed by atoms with Gasteiger partial charge in [-0.3, -0.25) is 25.2 Å². The first-order chi connectivity index (χ1) is 18.0. The third kappa shape index (κ3) is 3.94. The van der Waals surface area contributed by atoms with E-state index in [1.807, 2.05) is 29.3 Å². The summed E-state index contributed by atoms with van der Waals surface area (Å²) in [6, 6.07) is 31.2. The van der Waals surface area contributed by atoms with E-state index in [9.17, 15) is 20.2 Å². The lowest BCUT2D eigenvalue weighted by Gasteiger charge is -2.26. The highest BCUT2D eigenvalue weighted by Crippen LogP contribution is 2.43. The standard InChI is InChI=1S/C29H20N4O4/c34-32(35)23-11-9-19(10-12-23)27-18-28(31(30-27)22-13-15-24(16-14-22)33(36)37)29-25-7-3-1-5-20(25)17-21-6-2-4-8-26(21)29/h1-17,28H,18H2. The predicted molar refractivity (Wildman–Crippen MR) is 144 cm³/mol. The van der Waals surface area contributed by atoms with E-state index in [1.54, 1.807) is 24.3 Å². The van der Waals surface area contributed by atoms with E-state index in [1.165, 1.54) is 24.3 Å². The maximum absolute atomic E-state index is 11.2. The van der Waals surface area contributed by atoms with E-state index in [-0.39, 0.29) is 17.4 Å². The molecule has 1 aliphatic rings. The quantitative estimate of drug-likeness (QED) is 0.148. The van der Waals surface area contributed by atoms with Crippen molar-refractivity contribution < 1.29 is 9.85 Å². The van der Waals surface area contributed by atoms with Crippen LogP contribution in [0.3, 0.4) is 0 Å². The van der Waals surface area contributed by atoms with E-state index >= 15 is 0 Å². The molecule has 1 aliphatic heterocycles. The zero-order valence-electron chi connectivity index (χ0n) is 19.5. The summed E-state index contributed by atoms with van der Waals surface area (Å²) in [5.41, 5.74) is 3.46. The summed E-state index contributed by atoms with van der Waals surface area (Å²) in [6.07, 6.45) is 0.562. The molecular weight excluding hydrogens is 468 g/mol. The van der Waals surface area contributed by atoms with Gasteiger partial charge < -0.3 is 0 Å². The molecule has 1 unspecified atom stereocenters. The Hall–Kier alpha value is -5.11. The van der Waals surface area contributed by atoms with Crippen LogP contribution in [0.15, 0.2) is 108 Å². The highest BCUT2D eigenvalue weighted by atomic mass is 16.6. The van der Waals surface area contributed by atoms with E-state index < -0.39 is 9.85 Å². The summed E-state index contributed by atoms with van der Waals surface area (Å²) >= 11 is 0. The van der Waals surface area contributed by atoms with Gasteiger partial charge in [-0.05, 0) is 63.0 Å². The van der Waals surface area contributed by atoms with Crippen LogP contribution in [0.5, 0.6) is 0 Å². The van der Waals surface area contributed by atoms with E-state index in [4.69, 9.17) is 5.10 Å². The van der Waals surface area contributed by atoms with Crippen molar-refractivity contribution in [1.82, 2.24) is 0 Å². The second-order valence-corrected chi connectivity index (χ2v) is 8.92. The zero-order chi connectivity index (χ0) is 25.5. The predicted octanol–water partition coefficient (Wildman–Crippen LogP) is 7.17. The van der Waals surface area contributed by atoms with Gasteiger partial charge in [0.1, 0.15) is 0 Å². The lowest BCUT2D eigenvalue weighted by atomic mass is 9.89. The highest BCUT2D eigenvalue weighted by molar-refractivity contribution is 6.07. The number of fused-ring (bicyclic) bond motifs is 2. The number of nitrogens with zero attached hydrogens (tertiary/aromatic N) is 4. The van der Waals surface area contributed by atoms with Crippen molar-refractivity contribution in [2.45, 2.75) is 12.5 Å². The molecule has 0 aromatic heterocycles. The number of anilines is 1. The van der Waals surface area contributed by atoms with Gasteiger partial charge >= 0.3 is 0 Å². The monoisotopic (exact) mass is 488 g/mol. The Morgan fingerprint density at radius 2 is 1.22 bits per heavy atom. The fourth-order valence-corrected chi connectivity index (χ4v) is 5.06. The Bertz CT molecular complexity index is 1660. The van der Waals surface area contributed by atoms with Crippen LogP contribution in [0.2, 0.25) is 0 Å². The Labute approximate surface area is 211 Å². The van der Waals surface area contributed by atoms with Gasteiger partial charge in [-0.25, -0.2) is 0 Å². The fraction of sp³-hybridized carbons (Fsp3) is 0.0690. The molecule has 0 radical (unpaired) electrons. The first-order valence-corrected chi connectivity index (χ1v) is 11.8. The molecular formula is C29H20N4O4. The second-order valence-electron chi connectivity index (χ2n) is 8.92. The molecule has 180 valence electrons. The third-order valence-electron chi connectivity index (χ3n) is 6.79. The number of nitro groups is 2. The first-order valence-electron chi connectivity index (χ1n) is 11.8. The summed E-state index contributed by atoms with van der Waals surface area (Å²) in [5.74, 6) is 0. The molecule has 0 saturated carbocycles. The Morgan fingerprint density at radius 3 is 1.76 bits per heavy atom. The molecule has 0 saturated heterocycles. The second kappa shape index (κ2) is 8.83. The fourth-order valence-electron chi connectivity index (χ4n) is 5.06. The minimum Gasteiger partial charge on any atom is -0.258 e. The molecule has 5 aromatic carbocycles. The number of benzene rings is 5. The van der Waals surface area contributed by atoms with Gasteiger partial charge in [0.15, 0.2) is 0 Å².